The van der Waals surface area contributed by atoms with Gasteiger partial charge >= 0.3 is 0 Å². The standard InChI is InChI=1S/C21H24N4O4S/c1-13(2)12-19(26)23-15-8-10-16(11-9-15)24-21(27)14(3)22-20-17-6-4-5-7-18(17)30(28,29)25-20/h4-11,13-14H,12H2,1-3H3,(H,22,25)(H,23,26)(H,24,27)/t14-/m0/s1. The number of hydrogen-bond acceptors (Lipinski definition) is 5. The van der Waals surface area contributed by atoms with Crippen LogP contribution in [0.3, 0.4) is 0 Å². The van der Waals surface area contributed by atoms with Crippen molar-refractivity contribution in [3.63, 3.8) is 0 Å². The molecule has 0 saturated carbocycles. The number of rotatable bonds is 6. The van der Waals surface area contributed by atoms with Crippen LogP contribution in [0.15, 0.2) is 58.4 Å². The highest BCUT2D eigenvalue weighted by Crippen LogP contribution is 2.23. The molecule has 0 aromatic heterocycles. The average Bonchev–Trinajstić information content (AvgIpc) is 2.93. The minimum absolute atomic E-state index is 0.0643. The van der Waals surface area contributed by atoms with E-state index in [-0.39, 0.29) is 28.5 Å². The Hall–Kier alpha value is -3.20. The number of hydrogen-bond donors (Lipinski definition) is 3. The second-order valence-electron chi connectivity index (χ2n) is 7.47. The van der Waals surface area contributed by atoms with Crippen molar-refractivity contribution in [2.24, 2.45) is 10.9 Å². The predicted octanol–water partition coefficient (Wildman–Crippen LogP) is 2.74. The van der Waals surface area contributed by atoms with Crippen LogP contribution in [-0.2, 0) is 19.6 Å². The number of carbonyl (C=O) groups excluding carboxylic acids is 2. The molecule has 30 heavy (non-hydrogen) atoms. The predicted molar refractivity (Wildman–Crippen MR) is 116 cm³/mol. The van der Waals surface area contributed by atoms with Gasteiger partial charge in [-0.2, -0.15) is 0 Å². The van der Waals surface area contributed by atoms with Crippen molar-refractivity contribution in [2.75, 3.05) is 10.6 Å². The molecule has 3 N–H and O–H groups in total. The van der Waals surface area contributed by atoms with Gasteiger partial charge in [0, 0.05) is 23.4 Å². The maximum Gasteiger partial charge on any atom is 0.263 e. The summed E-state index contributed by atoms with van der Waals surface area (Å²) in [4.78, 5) is 28.7. The Morgan fingerprint density at radius 2 is 1.57 bits per heavy atom. The minimum atomic E-state index is -3.65. The zero-order chi connectivity index (χ0) is 21.9. The first-order valence-corrected chi connectivity index (χ1v) is 11.0. The Morgan fingerprint density at radius 3 is 2.20 bits per heavy atom. The van der Waals surface area contributed by atoms with Gasteiger partial charge in [0.05, 0.1) is 4.90 Å². The summed E-state index contributed by atoms with van der Waals surface area (Å²) in [6, 6.07) is 12.4. The molecule has 0 spiro atoms. The van der Waals surface area contributed by atoms with Gasteiger partial charge in [0.15, 0.2) is 0 Å². The van der Waals surface area contributed by atoms with Crippen LogP contribution in [0.5, 0.6) is 0 Å². The second kappa shape index (κ2) is 8.66. The number of sulfonamides is 1. The van der Waals surface area contributed by atoms with Crippen molar-refractivity contribution in [1.82, 2.24) is 4.72 Å². The molecule has 0 fully saturated rings. The van der Waals surface area contributed by atoms with E-state index in [1.807, 2.05) is 13.8 Å². The summed E-state index contributed by atoms with van der Waals surface area (Å²) in [6.07, 6.45) is 0.434. The first kappa shape index (κ1) is 21.5. The third-order valence-corrected chi connectivity index (χ3v) is 5.79. The van der Waals surface area contributed by atoms with Crippen molar-refractivity contribution < 1.29 is 18.0 Å². The number of anilines is 2. The van der Waals surface area contributed by atoms with Gasteiger partial charge in [0.25, 0.3) is 10.0 Å². The van der Waals surface area contributed by atoms with Gasteiger partial charge in [0.2, 0.25) is 11.8 Å². The summed E-state index contributed by atoms with van der Waals surface area (Å²) >= 11 is 0. The van der Waals surface area contributed by atoms with E-state index in [1.165, 1.54) is 6.07 Å². The molecule has 0 radical (unpaired) electrons. The number of aliphatic imine (C=N–C) groups is 1. The number of carbonyl (C=O) groups is 2. The van der Waals surface area contributed by atoms with Gasteiger partial charge in [-0.3, -0.25) is 19.3 Å². The van der Waals surface area contributed by atoms with Crippen LogP contribution < -0.4 is 15.4 Å². The summed E-state index contributed by atoms with van der Waals surface area (Å²) in [5, 5.41) is 5.54. The smallest absolute Gasteiger partial charge is 0.263 e. The molecular weight excluding hydrogens is 404 g/mol. The minimum Gasteiger partial charge on any atom is -0.326 e. The highest BCUT2D eigenvalue weighted by molar-refractivity contribution is 7.90. The Labute approximate surface area is 175 Å². The first-order chi connectivity index (χ1) is 14.2. The van der Waals surface area contributed by atoms with Gasteiger partial charge < -0.3 is 10.6 Å². The number of fused-ring (bicyclic) bond motifs is 1. The molecule has 0 bridgehead atoms. The molecule has 1 heterocycles. The molecule has 0 unspecified atom stereocenters. The Kier molecular flexibility index (Phi) is 6.21. The lowest BCUT2D eigenvalue weighted by atomic mass is 10.1. The molecule has 8 nitrogen and oxygen atoms in total. The third kappa shape index (κ3) is 5.04. The van der Waals surface area contributed by atoms with Crippen LogP contribution >= 0.6 is 0 Å². The average molecular weight is 429 g/mol. The van der Waals surface area contributed by atoms with E-state index in [0.717, 1.165) is 0 Å². The molecule has 9 heteroatoms. The zero-order valence-electron chi connectivity index (χ0n) is 17.0. The van der Waals surface area contributed by atoms with Crippen LogP contribution in [-0.4, -0.2) is 32.1 Å². The van der Waals surface area contributed by atoms with Gasteiger partial charge in [-0.1, -0.05) is 26.0 Å². The van der Waals surface area contributed by atoms with Crippen LogP contribution in [0, 0.1) is 5.92 Å². The first-order valence-electron chi connectivity index (χ1n) is 9.56. The fraction of sp³-hybridized carbons (Fsp3) is 0.286. The van der Waals surface area contributed by atoms with E-state index in [0.29, 0.717) is 23.4 Å². The molecule has 3 rings (SSSR count). The molecule has 1 aliphatic heterocycles. The Bertz CT molecular complexity index is 1090. The van der Waals surface area contributed by atoms with Crippen LogP contribution in [0.2, 0.25) is 0 Å². The lowest BCUT2D eigenvalue weighted by molar-refractivity contribution is -0.117. The molecule has 0 saturated heterocycles. The van der Waals surface area contributed by atoms with E-state index in [2.05, 4.69) is 20.3 Å². The van der Waals surface area contributed by atoms with Crippen molar-refractivity contribution in [2.45, 2.75) is 38.1 Å². The van der Waals surface area contributed by atoms with E-state index in [4.69, 9.17) is 0 Å². The van der Waals surface area contributed by atoms with Gasteiger partial charge in [-0.25, -0.2) is 8.42 Å². The molecule has 2 amide bonds. The van der Waals surface area contributed by atoms with Crippen molar-refractivity contribution in [3.05, 3.63) is 54.1 Å². The second-order valence-corrected chi connectivity index (χ2v) is 9.12. The van der Waals surface area contributed by atoms with Crippen molar-refractivity contribution in [1.29, 1.82) is 0 Å². The van der Waals surface area contributed by atoms with E-state index < -0.39 is 16.1 Å². The van der Waals surface area contributed by atoms with E-state index in [1.54, 1.807) is 49.4 Å². The van der Waals surface area contributed by atoms with Crippen LogP contribution in [0.1, 0.15) is 32.8 Å². The Balaban J connectivity index is 1.65. The summed E-state index contributed by atoms with van der Waals surface area (Å²) in [6.45, 7) is 5.52. The number of amidine groups is 1. The summed E-state index contributed by atoms with van der Waals surface area (Å²) in [7, 11) is -3.65. The molecule has 1 atom stereocenters. The van der Waals surface area contributed by atoms with Crippen molar-refractivity contribution >= 4 is 39.0 Å². The monoisotopic (exact) mass is 428 g/mol. The maximum absolute atomic E-state index is 12.5. The SMILES string of the molecule is CC(C)CC(=O)Nc1ccc(NC(=O)[C@H](C)N=C2NS(=O)(=O)c3ccccc32)cc1. The number of nitrogens with zero attached hydrogens (tertiary/aromatic N) is 1. The van der Waals surface area contributed by atoms with Crippen molar-refractivity contribution in [3.8, 4) is 0 Å². The van der Waals surface area contributed by atoms with Crippen LogP contribution in [0.25, 0.3) is 0 Å². The molecule has 158 valence electrons. The molecule has 0 aliphatic carbocycles. The maximum atomic E-state index is 12.5. The highest BCUT2D eigenvalue weighted by atomic mass is 32.2. The van der Waals surface area contributed by atoms with E-state index in [9.17, 15) is 18.0 Å². The molecule has 1 aliphatic rings. The summed E-state index contributed by atoms with van der Waals surface area (Å²) in [5.41, 5.74) is 1.63. The molecular formula is C21H24N4O4S. The number of amides is 2. The molecule has 2 aromatic rings. The topological polar surface area (TPSA) is 117 Å². The van der Waals surface area contributed by atoms with Gasteiger partial charge in [-0.05, 0) is 49.2 Å². The summed E-state index contributed by atoms with van der Waals surface area (Å²) in [5.74, 6) is -0.0346. The third-order valence-electron chi connectivity index (χ3n) is 4.39. The molecule has 2 aromatic carbocycles. The summed E-state index contributed by atoms with van der Waals surface area (Å²) < 4.78 is 26.7. The fourth-order valence-electron chi connectivity index (χ4n) is 2.95. The quantitative estimate of drug-likeness (QED) is 0.656. The highest BCUT2D eigenvalue weighted by Gasteiger charge is 2.31. The normalized spacial score (nSPS) is 16.6. The Morgan fingerprint density at radius 1 is 0.967 bits per heavy atom. The van der Waals surface area contributed by atoms with Gasteiger partial charge in [-0.15, -0.1) is 0 Å². The van der Waals surface area contributed by atoms with Gasteiger partial charge in [0.1, 0.15) is 11.9 Å². The zero-order valence-corrected chi connectivity index (χ0v) is 17.8. The van der Waals surface area contributed by atoms with E-state index >= 15 is 0 Å². The lowest BCUT2D eigenvalue weighted by Gasteiger charge is -2.11. The number of benzene rings is 2. The fourth-order valence-corrected chi connectivity index (χ4v) is 4.19. The number of nitrogens with one attached hydrogen (secondary N) is 3. The van der Waals surface area contributed by atoms with Crippen LogP contribution in [0.4, 0.5) is 11.4 Å². The largest absolute Gasteiger partial charge is 0.326 e. The lowest BCUT2D eigenvalue weighted by Crippen LogP contribution is -2.28.